The molecule has 5 nitrogen and oxygen atoms in total. The van der Waals surface area contributed by atoms with Gasteiger partial charge in [0.15, 0.2) is 5.96 Å². The molecule has 0 aliphatic heterocycles. The number of aliphatic imine (C=N–C) groups is 1. The third-order valence-electron chi connectivity index (χ3n) is 3.34. The van der Waals surface area contributed by atoms with Gasteiger partial charge >= 0.3 is 6.18 Å². The summed E-state index contributed by atoms with van der Waals surface area (Å²) >= 11 is 0. The first-order valence-electron chi connectivity index (χ1n) is 7.74. The SMILES string of the molecule is CN=C(NCCOc1ccc(C(F)(F)F)cn1)NCc1ccccc1F. The molecule has 2 aromatic rings. The van der Waals surface area contributed by atoms with E-state index in [1.807, 2.05) is 0 Å². The van der Waals surface area contributed by atoms with Crippen LogP contribution in [0.25, 0.3) is 0 Å². The van der Waals surface area contributed by atoms with E-state index >= 15 is 0 Å². The minimum absolute atomic E-state index is 0.0918. The Hall–Kier alpha value is -2.84. The van der Waals surface area contributed by atoms with Crippen molar-refractivity contribution in [3.63, 3.8) is 0 Å². The molecule has 2 rings (SSSR count). The summed E-state index contributed by atoms with van der Waals surface area (Å²) in [5.74, 6) is 0.221. The summed E-state index contributed by atoms with van der Waals surface area (Å²) in [6, 6.07) is 8.45. The van der Waals surface area contributed by atoms with Crippen molar-refractivity contribution < 1.29 is 22.3 Å². The highest BCUT2D eigenvalue weighted by molar-refractivity contribution is 5.79. The Balaban J connectivity index is 1.73. The highest BCUT2D eigenvalue weighted by Gasteiger charge is 2.30. The van der Waals surface area contributed by atoms with Gasteiger partial charge in [0, 0.05) is 31.4 Å². The van der Waals surface area contributed by atoms with E-state index in [4.69, 9.17) is 4.74 Å². The summed E-state index contributed by atoms with van der Waals surface area (Å²) in [5, 5.41) is 5.90. The van der Waals surface area contributed by atoms with Crippen LogP contribution in [0.15, 0.2) is 47.6 Å². The van der Waals surface area contributed by atoms with Crippen molar-refractivity contribution in [2.75, 3.05) is 20.2 Å². The van der Waals surface area contributed by atoms with Gasteiger partial charge in [0.05, 0.1) is 12.1 Å². The number of ether oxygens (including phenoxy) is 1. The van der Waals surface area contributed by atoms with Crippen molar-refractivity contribution in [2.45, 2.75) is 12.7 Å². The molecule has 1 aromatic carbocycles. The Morgan fingerprint density at radius 2 is 1.92 bits per heavy atom. The maximum absolute atomic E-state index is 13.5. The number of pyridine rings is 1. The lowest BCUT2D eigenvalue weighted by Gasteiger charge is -2.13. The van der Waals surface area contributed by atoms with E-state index in [-0.39, 0.29) is 24.8 Å². The number of rotatable bonds is 6. The lowest BCUT2D eigenvalue weighted by molar-refractivity contribution is -0.137. The summed E-state index contributed by atoms with van der Waals surface area (Å²) in [6.45, 7) is 0.756. The quantitative estimate of drug-likeness (QED) is 0.355. The summed E-state index contributed by atoms with van der Waals surface area (Å²) in [7, 11) is 1.56. The van der Waals surface area contributed by atoms with Crippen molar-refractivity contribution in [1.29, 1.82) is 0 Å². The third-order valence-corrected chi connectivity index (χ3v) is 3.34. The minimum atomic E-state index is -4.43. The highest BCUT2D eigenvalue weighted by atomic mass is 19.4. The highest BCUT2D eigenvalue weighted by Crippen LogP contribution is 2.29. The lowest BCUT2D eigenvalue weighted by Crippen LogP contribution is -2.39. The molecule has 0 saturated heterocycles. The Morgan fingerprint density at radius 3 is 2.54 bits per heavy atom. The van der Waals surface area contributed by atoms with E-state index < -0.39 is 11.7 Å². The van der Waals surface area contributed by atoms with Crippen LogP contribution in [0.4, 0.5) is 17.6 Å². The van der Waals surface area contributed by atoms with Gasteiger partial charge in [0.25, 0.3) is 0 Å². The number of guanidine groups is 1. The van der Waals surface area contributed by atoms with Crippen LogP contribution in [0, 0.1) is 5.82 Å². The molecule has 2 N–H and O–H groups in total. The van der Waals surface area contributed by atoms with Crippen molar-refractivity contribution in [3.8, 4) is 5.88 Å². The van der Waals surface area contributed by atoms with Gasteiger partial charge in [0.2, 0.25) is 5.88 Å². The number of aromatic nitrogens is 1. The van der Waals surface area contributed by atoms with E-state index in [2.05, 4.69) is 20.6 Å². The summed E-state index contributed by atoms with van der Waals surface area (Å²) in [5.41, 5.74) is -0.332. The average Bonchev–Trinajstić information content (AvgIpc) is 2.62. The molecule has 0 aliphatic rings. The van der Waals surface area contributed by atoms with Gasteiger partial charge in [-0.15, -0.1) is 0 Å². The van der Waals surface area contributed by atoms with Crippen LogP contribution in [0.1, 0.15) is 11.1 Å². The van der Waals surface area contributed by atoms with Crippen LogP contribution in [-0.2, 0) is 12.7 Å². The van der Waals surface area contributed by atoms with Crippen LogP contribution in [0.5, 0.6) is 5.88 Å². The first-order valence-corrected chi connectivity index (χ1v) is 7.74. The number of hydrogen-bond donors (Lipinski definition) is 2. The fourth-order valence-electron chi connectivity index (χ4n) is 2.00. The molecular formula is C17H18F4N4O. The summed E-state index contributed by atoms with van der Waals surface area (Å²) in [4.78, 5) is 7.60. The van der Waals surface area contributed by atoms with E-state index in [1.165, 1.54) is 6.07 Å². The third kappa shape index (κ3) is 5.91. The van der Waals surface area contributed by atoms with Crippen LogP contribution in [0.2, 0.25) is 0 Å². The number of halogens is 4. The Morgan fingerprint density at radius 1 is 1.15 bits per heavy atom. The Kier molecular flexibility index (Phi) is 6.76. The van der Waals surface area contributed by atoms with Gasteiger partial charge in [-0.1, -0.05) is 18.2 Å². The minimum Gasteiger partial charge on any atom is -0.476 e. The normalized spacial score (nSPS) is 12.0. The average molecular weight is 370 g/mol. The molecule has 0 unspecified atom stereocenters. The molecule has 0 saturated carbocycles. The van der Waals surface area contributed by atoms with Gasteiger partial charge < -0.3 is 15.4 Å². The number of benzene rings is 1. The largest absolute Gasteiger partial charge is 0.476 e. The number of hydrogen-bond acceptors (Lipinski definition) is 3. The summed E-state index contributed by atoms with van der Waals surface area (Å²) in [6.07, 6.45) is -3.71. The number of nitrogens with zero attached hydrogens (tertiary/aromatic N) is 2. The smallest absolute Gasteiger partial charge is 0.417 e. The van der Waals surface area contributed by atoms with Gasteiger partial charge in [0.1, 0.15) is 12.4 Å². The first kappa shape index (κ1) is 19.5. The van der Waals surface area contributed by atoms with Gasteiger partial charge in [-0.05, 0) is 12.1 Å². The fourth-order valence-corrected chi connectivity index (χ4v) is 2.00. The Bertz CT molecular complexity index is 732. The molecule has 26 heavy (non-hydrogen) atoms. The lowest BCUT2D eigenvalue weighted by atomic mass is 10.2. The van der Waals surface area contributed by atoms with Crippen molar-refractivity contribution in [3.05, 3.63) is 59.5 Å². The molecule has 0 amide bonds. The van der Waals surface area contributed by atoms with E-state index in [0.29, 0.717) is 18.1 Å². The molecule has 9 heteroatoms. The van der Waals surface area contributed by atoms with Crippen LogP contribution >= 0.6 is 0 Å². The van der Waals surface area contributed by atoms with Crippen molar-refractivity contribution in [1.82, 2.24) is 15.6 Å². The van der Waals surface area contributed by atoms with E-state index in [0.717, 1.165) is 18.3 Å². The molecule has 0 aliphatic carbocycles. The zero-order chi connectivity index (χ0) is 19.0. The van der Waals surface area contributed by atoms with Crippen LogP contribution < -0.4 is 15.4 Å². The molecule has 0 radical (unpaired) electrons. The molecule has 1 heterocycles. The molecule has 0 spiro atoms. The number of nitrogens with one attached hydrogen (secondary N) is 2. The molecule has 0 bridgehead atoms. The molecule has 140 valence electrons. The Labute approximate surface area is 148 Å². The molecule has 0 fully saturated rings. The number of alkyl halides is 3. The van der Waals surface area contributed by atoms with Crippen molar-refractivity contribution in [2.24, 2.45) is 4.99 Å². The van der Waals surface area contributed by atoms with Gasteiger partial charge in [-0.2, -0.15) is 13.2 Å². The second-order valence-corrected chi connectivity index (χ2v) is 5.18. The fraction of sp³-hybridized carbons (Fsp3) is 0.294. The van der Waals surface area contributed by atoms with Crippen LogP contribution in [0.3, 0.4) is 0 Å². The zero-order valence-corrected chi connectivity index (χ0v) is 14.0. The zero-order valence-electron chi connectivity index (χ0n) is 14.0. The van der Waals surface area contributed by atoms with Gasteiger partial charge in [-0.25, -0.2) is 9.37 Å². The molecular weight excluding hydrogens is 352 g/mol. The molecule has 1 aromatic heterocycles. The second-order valence-electron chi connectivity index (χ2n) is 5.18. The summed E-state index contributed by atoms with van der Waals surface area (Å²) < 4.78 is 56.1. The molecule has 0 atom stereocenters. The second kappa shape index (κ2) is 9.02. The monoisotopic (exact) mass is 370 g/mol. The van der Waals surface area contributed by atoms with Gasteiger partial charge in [-0.3, -0.25) is 4.99 Å². The van der Waals surface area contributed by atoms with E-state index in [9.17, 15) is 17.6 Å². The maximum atomic E-state index is 13.5. The van der Waals surface area contributed by atoms with Crippen LogP contribution in [-0.4, -0.2) is 31.1 Å². The maximum Gasteiger partial charge on any atom is 0.417 e. The topological polar surface area (TPSA) is 58.5 Å². The first-order chi connectivity index (χ1) is 12.4. The van der Waals surface area contributed by atoms with Crippen molar-refractivity contribution >= 4 is 5.96 Å². The standard InChI is InChI=1S/C17H18F4N4O/c1-22-16(25-10-12-4-2-3-5-14(12)18)23-8-9-26-15-7-6-13(11-24-15)17(19,20)21/h2-7,11H,8-10H2,1H3,(H2,22,23,25). The predicted octanol–water partition coefficient (Wildman–Crippen LogP) is 2.98. The van der Waals surface area contributed by atoms with E-state index in [1.54, 1.807) is 25.2 Å². The predicted molar refractivity (Wildman–Crippen MR) is 89.3 cm³/mol.